The molecule has 0 saturated heterocycles. The van der Waals surface area contributed by atoms with Crippen LogP contribution in [0.1, 0.15) is 0 Å². The van der Waals surface area contributed by atoms with E-state index in [9.17, 15) is 13.0 Å². The van der Waals surface area contributed by atoms with Crippen molar-refractivity contribution < 1.29 is 23.0 Å². The van der Waals surface area contributed by atoms with Gasteiger partial charge in [0, 0.05) is 0 Å². The lowest BCUT2D eigenvalue weighted by Gasteiger charge is -2.06. The van der Waals surface area contributed by atoms with Crippen molar-refractivity contribution >= 4 is 22.1 Å². The normalized spacial score (nSPS) is 10.2. The van der Waals surface area contributed by atoms with Crippen molar-refractivity contribution in [3.63, 3.8) is 0 Å². The zero-order valence-corrected chi connectivity index (χ0v) is 9.78. The van der Waals surface area contributed by atoms with Crippen LogP contribution in [0.25, 0.3) is 0 Å². The molecule has 0 aliphatic rings. The maximum absolute atomic E-state index is 10.6. The summed E-state index contributed by atoms with van der Waals surface area (Å²) in [7, 11) is -0.648. The van der Waals surface area contributed by atoms with Crippen molar-refractivity contribution in [3.05, 3.63) is 24.3 Å². The molecule has 3 N–H and O–H groups in total. The first kappa shape index (κ1) is 14.6. The smallest absolute Gasteiger partial charge is 0.236 e. The van der Waals surface area contributed by atoms with Gasteiger partial charge in [-0.3, -0.25) is 4.58 Å². The monoisotopic (exact) mass is 246 g/mol. The van der Waals surface area contributed by atoms with Crippen LogP contribution in [-0.2, 0) is 10.1 Å². The maximum Gasteiger partial charge on any atom is 0.236 e. The molecule has 16 heavy (non-hydrogen) atoms. The third kappa shape index (κ3) is 4.39. The van der Waals surface area contributed by atoms with Crippen molar-refractivity contribution in [2.45, 2.75) is 4.90 Å². The van der Waals surface area contributed by atoms with Crippen LogP contribution in [0.3, 0.4) is 0 Å². The van der Waals surface area contributed by atoms with E-state index in [1.54, 1.807) is 10.9 Å². The lowest BCUT2D eigenvalue weighted by molar-refractivity contribution is -0.459. The second-order valence-electron chi connectivity index (χ2n) is 3.22. The lowest BCUT2D eigenvalue weighted by Crippen LogP contribution is -2.07. The summed E-state index contributed by atoms with van der Waals surface area (Å²) in [5.74, 6) is 0. The molecular formula is C9H14N2O4S. The summed E-state index contributed by atoms with van der Waals surface area (Å²) in [6.07, 6.45) is 1.71. The van der Waals surface area contributed by atoms with Crippen molar-refractivity contribution in [3.8, 4) is 0 Å². The standard InChI is InChI=1S/C9H12N2O3S.H2O/c1-11(2)7-10-8-3-5-9(6-4-8)15(12,13)14;/h3-7H,1-2H3,(H,12,13,14);1H2. The van der Waals surface area contributed by atoms with Gasteiger partial charge in [-0.2, -0.15) is 0 Å². The fourth-order valence-corrected chi connectivity index (χ4v) is 1.39. The van der Waals surface area contributed by atoms with Crippen LogP contribution in [0.4, 0.5) is 5.69 Å². The van der Waals surface area contributed by atoms with Crippen LogP contribution in [0.2, 0.25) is 0 Å². The van der Waals surface area contributed by atoms with Crippen LogP contribution in [-0.4, -0.2) is 43.5 Å². The predicted octanol–water partition coefficient (Wildman–Crippen LogP) is -0.522. The molecule has 0 fully saturated rings. The first-order valence-electron chi connectivity index (χ1n) is 4.22. The van der Waals surface area contributed by atoms with E-state index in [0.29, 0.717) is 0 Å². The van der Waals surface area contributed by atoms with Gasteiger partial charge in [-0.05, 0) is 24.3 Å². The topological polar surface area (TPSA) is 104 Å². The highest BCUT2D eigenvalue weighted by Crippen LogP contribution is 2.12. The van der Waals surface area contributed by atoms with E-state index >= 15 is 0 Å². The van der Waals surface area contributed by atoms with Gasteiger partial charge < -0.3 is 10.0 Å². The summed E-state index contributed by atoms with van der Waals surface area (Å²) in [5, 5.41) is 2.93. The minimum absolute atomic E-state index is 0. The van der Waals surface area contributed by atoms with E-state index in [-0.39, 0.29) is 10.4 Å². The van der Waals surface area contributed by atoms with Crippen LogP contribution in [0.5, 0.6) is 0 Å². The molecule has 1 aromatic carbocycles. The zero-order valence-electron chi connectivity index (χ0n) is 8.97. The van der Waals surface area contributed by atoms with Crippen LogP contribution in [0.15, 0.2) is 29.2 Å². The summed E-state index contributed by atoms with van der Waals surface area (Å²) < 4.78 is 33.7. The Morgan fingerprint density at radius 1 is 1.25 bits per heavy atom. The zero-order chi connectivity index (χ0) is 11.5. The molecular weight excluding hydrogens is 232 g/mol. The maximum atomic E-state index is 10.6. The van der Waals surface area contributed by atoms with E-state index < -0.39 is 10.1 Å². The summed E-state index contributed by atoms with van der Waals surface area (Å²) in [6, 6.07) is 5.61. The Hall–Kier alpha value is -1.44. The summed E-state index contributed by atoms with van der Waals surface area (Å²) in [4.78, 5) is -0.224. The van der Waals surface area contributed by atoms with Gasteiger partial charge in [-0.25, -0.2) is 13.7 Å². The molecule has 0 spiro atoms. The van der Waals surface area contributed by atoms with Gasteiger partial charge in [0.2, 0.25) is 6.34 Å². The third-order valence-corrected chi connectivity index (χ3v) is 2.48. The Labute approximate surface area is 94.3 Å². The minimum atomic E-state index is -4.35. The Morgan fingerprint density at radius 2 is 1.75 bits per heavy atom. The second kappa shape index (κ2) is 5.59. The Kier molecular flexibility index (Phi) is 5.09. The molecule has 1 rings (SSSR count). The molecule has 7 heteroatoms. The molecule has 6 nitrogen and oxygen atoms in total. The van der Waals surface area contributed by atoms with Gasteiger partial charge >= 0.3 is 0 Å². The molecule has 90 valence electrons. The van der Waals surface area contributed by atoms with Crippen LogP contribution < -0.4 is 5.32 Å². The van der Waals surface area contributed by atoms with Gasteiger partial charge in [-0.15, -0.1) is 0 Å². The third-order valence-electron chi connectivity index (χ3n) is 1.63. The highest BCUT2D eigenvalue weighted by molar-refractivity contribution is 7.85. The van der Waals surface area contributed by atoms with Crippen molar-refractivity contribution in [2.75, 3.05) is 19.4 Å². The number of hydrogen-bond acceptors (Lipinski definition) is 3. The fraction of sp³-hybridized carbons (Fsp3) is 0.222. The molecule has 0 unspecified atom stereocenters. The van der Waals surface area contributed by atoms with E-state index in [2.05, 4.69) is 5.32 Å². The Morgan fingerprint density at radius 3 is 2.12 bits per heavy atom. The first-order chi connectivity index (χ1) is 6.89. The van der Waals surface area contributed by atoms with E-state index in [0.717, 1.165) is 5.69 Å². The molecule has 0 aliphatic heterocycles. The summed E-state index contributed by atoms with van der Waals surface area (Å²) in [5.41, 5.74) is 0.719. The van der Waals surface area contributed by atoms with Gasteiger partial charge in [0.05, 0.1) is 19.0 Å². The summed E-state index contributed by atoms with van der Waals surface area (Å²) in [6.45, 7) is 0. The van der Waals surface area contributed by atoms with Crippen molar-refractivity contribution in [1.29, 1.82) is 0 Å². The van der Waals surface area contributed by atoms with E-state index in [4.69, 9.17) is 0 Å². The lowest BCUT2D eigenvalue weighted by atomic mass is 10.3. The van der Waals surface area contributed by atoms with Crippen molar-refractivity contribution in [2.24, 2.45) is 0 Å². The summed E-state index contributed by atoms with van der Waals surface area (Å²) >= 11 is 0. The van der Waals surface area contributed by atoms with Gasteiger partial charge in [0.1, 0.15) is 15.8 Å². The molecule has 0 amide bonds. The quantitative estimate of drug-likeness (QED) is 0.335. The predicted molar refractivity (Wildman–Crippen MR) is 59.8 cm³/mol. The minimum Gasteiger partial charge on any atom is -0.744 e. The molecule has 1 aromatic rings. The second-order valence-corrected chi connectivity index (χ2v) is 4.60. The van der Waals surface area contributed by atoms with Gasteiger partial charge in [0.15, 0.2) is 0 Å². The molecule has 0 heterocycles. The molecule has 0 atom stereocenters. The van der Waals surface area contributed by atoms with E-state index in [1.807, 2.05) is 14.1 Å². The molecule has 0 bridgehead atoms. The molecule has 0 aromatic heterocycles. The Bertz CT molecular complexity index is 461. The van der Waals surface area contributed by atoms with Gasteiger partial charge in [-0.1, -0.05) is 0 Å². The number of anilines is 1. The van der Waals surface area contributed by atoms with Crippen LogP contribution in [0, 0.1) is 0 Å². The molecule has 0 aliphatic carbocycles. The molecule has 0 saturated carbocycles. The fourth-order valence-electron chi connectivity index (χ4n) is 0.921. The van der Waals surface area contributed by atoms with Crippen LogP contribution >= 0.6 is 0 Å². The molecule has 0 radical (unpaired) electrons. The average Bonchev–Trinajstić information content (AvgIpc) is 2.14. The number of nitrogens with zero attached hydrogens (tertiary/aromatic N) is 1. The highest BCUT2D eigenvalue weighted by atomic mass is 32.2. The van der Waals surface area contributed by atoms with E-state index in [1.165, 1.54) is 24.3 Å². The van der Waals surface area contributed by atoms with Crippen molar-refractivity contribution in [1.82, 2.24) is 0 Å². The average molecular weight is 246 g/mol. The number of rotatable bonds is 3. The Balaban J connectivity index is 0.00000225. The SMILES string of the molecule is C[N+](C)=CNc1ccc(S(=O)(=O)[O-])cc1.O. The number of nitrogens with one attached hydrogen (secondary N) is 1. The van der Waals surface area contributed by atoms with Gasteiger partial charge in [0.25, 0.3) is 0 Å². The number of benzene rings is 1. The first-order valence-corrected chi connectivity index (χ1v) is 5.63. The largest absolute Gasteiger partial charge is 0.744 e. The number of hydrogen-bond donors (Lipinski definition) is 1. The highest BCUT2D eigenvalue weighted by Gasteiger charge is 2.01.